The van der Waals surface area contributed by atoms with Gasteiger partial charge in [-0.2, -0.15) is 5.26 Å². The van der Waals surface area contributed by atoms with Crippen LogP contribution < -0.4 is 11.1 Å². The molecule has 0 aromatic heterocycles. The van der Waals surface area contributed by atoms with Gasteiger partial charge in [-0.25, -0.2) is 4.39 Å². The Balaban J connectivity index is 2.36. The fourth-order valence-corrected chi connectivity index (χ4v) is 2.10. The van der Waals surface area contributed by atoms with Crippen LogP contribution in [0.25, 0.3) is 0 Å². The average Bonchev–Trinajstić information content (AvgIpc) is 2.42. The Bertz CT molecular complexity index is 725. The van der Waals surface area contributed by atoms with Crippen molar-refractivity contribution in [2.75, 3.05) is 11.1 Å². The van der Waals surface area contributed by atoms with Gasteiger partial charge < -0.3 is 11.1 Å². The molecule has 0 saturated heterocycles. The van der Waals surface area contributed by atoms with E-state index >= 15 is 0 Å². The van der Waals surface area contributed by atoms with E-state index < -0.39 is 11.7 Å². The molecule has 0 unspecified atom stereocenters. The van der Waals surface area contributed by atoms with E-state index in [1.807, 2.05) is 0 Å². The van der Waals surface area contributed by atoms with Crippen molar-refractivity contribution in [3.05, 3.63) is 57.8 Å². The molecule has 1 amide bonds. The van der Waals surface area contributed by atoms with Crippen molar-refractivity contribution in [3.8, 4) is 6.07 Å². The van der Waals surface area contributed by atoms with Gasteiger partial charge in [-0.1, -0.05) is 12.1 Å². The number of carbonyl (C=O) groups excluding carboxylic acids is 1. The van der Waals surface area contributed by atoms with Crippen molar-refractivity contribution in [2.45, 2.75) is 0 Å². The van der Waals surface area contributed by atoms with Crippen LogP contribution in [0.2, 0.25) is 0 Å². The Morgan fingerprint density at radius 3 is 2.70 bits per heavy atom. The zero-order chi connectivity index (χ0) is 14.7. The van der Waals surface area contributed by atoms with Gasteiger partial charge >= 0.3 is 0 Å². The van der Waals surface area contributed by atoms with E-state index in [9.17, 15) is 9.18 Å². The van der Waals surface area contributed by atoms with Gasteiger partial charge in [-0.15, -0.1) is 0 Å². The van der Waals surface area contributed by atoms with Crippen molar-refractivity contribution in [1.29, 1.82) is 5.26 Å². The van der Waals surface area contributed by atoms with Gasteiger partial charge in [0.25, 0.3) is 5.91 Å². The van der Waals surface area contributed by atoms with Crippen LogP contribution in [0, 0.1) is 17.1 Å². The van der Waals surface area contributed by atoms with Crippen LogP contribution in [-0.2, 0) is 0 Å². The molecule has 20 heavy (non-hydrogen) atoms. The number of nitriles is 1. The van der Waals surface area contributed by atoms with E-state index in [2.05, 4.69) is 21.2 Å². The summed E-state index contributed by atoms with van der Waals surface area (Å²) >= 11 is 3.22. The summed E-state index contributed by atoms with van der Waals surface area (Å²) in [5.74, 6) is -1.16. The van der Waals surface area contributed by atoms with Crippen LogP contribution in [0.3, 0.4) is 0 Å². The molecule has 4 nitrogen and oxygen atoms in total. The zero-order valence-corrected chi connectivity index (χ0v) is 11.7. The molecule has 3 N–H and O–H groups in total. The van der Waals surface area contributed by atoms with E-state index in [1.54, 1.807) is 24.3 Å². The number of halogens is 2. The van der Waals surface area contributed by atoms with Crippen molar-refractivity contribution >= 4 is 33.2 Å². The number of nitrogens with two attached hydrogens (primary N) is 1. The van der Waals surface area contributed by atoms with Gasteiger partial charge in [0, 0.05) is 5.69 Å². The highest BCUT2D eigenvalue weighted by atomic mass is 79.9. The SMILES string of the molecule is N#Cc1c(F)cccc1NC(=O)c1cccc(N)c1Br. The Hall–Kier alpha value is -2.39. The number of nitrogen functional groups attached to an aromatic ring is 1. The first kappa shape index (κ1) is 14.0. The number of benzene rings is 2. The third kappa shape index (κ3) is 2.63. The van der Waals surface area contributed by atoms with E-state index in [0.29, 0.717) is 15.7 Å². The van der Waals surface area contributed by atoms with Crippen molar-refractivity contribution in [2.24, 2.45) is 0 Å². The highest BCUT2D eigenvalue weighted by Crippen LogP contribution is 2.25. The largest absolute Gasteiger partial charge is 0.398 e. The number of hydrogen-bond acceptors (Lipinski definition) is 3. The lowest BCUT2D eigenvalue weighted by molar-refractivity contribution is 0.102. The summed E-state index contributed by atoms with van der Waals surface area (Å²) in [4.78, 5) is 12.1. The number of nitrogens with one attached hydrogen (secondary N) is 1. The average molecular weight is 334 g/mol. The highest BCUT2D eigenvalue weighted by molar-refractivity contribution is 9.10. The predicted molar refractivity (Wildman–Crippen MR) is 77.6 cm³/mol. The summed E-state index contributed by atoms with van der Waals surface area (Å²) in [5, 5.41) is 11.4. The molecule has 0 aliphatic heterocycles. The van der Waals surface area contributed by atoms with E-state index in [-0.39, 0.29) is 11.3 Å². The quantitative estimate of drug-likeness (QED) is 0.827. The minimum absolute atomic E-state index is 0.117. The van der Waals surface area contributed by atoms with Gasteiger partial charge in [0.1, 0.15) is 17.4 Å². The van der Waals surface area contributed by atoms with E-state index in [4.69, 9.17) is 11.0 Å². The van der Waals surface area contributed by atoms with Crippen LogP contribution in [0.5, 0.6) is 0 Å². The van der Waals surface area contributed by atoms with Gasteiger partial charge in [0.2, 0.25) is 0 Å². The number of hydrogen-bond donors (Lipinski definition) is 2. The van der Waals surface area contributed by atoms with Crippen LogP contribution in [0.15, 0.2) is 40.9 Å². The monoisotopic (exact) mass is 333 g/mol. The molecule has 100 valence electrons. The Morgan fingerprint density at radius 2 is 2.00 bits per heavy atom. The molecule has 2 aromatic rings. The van der Waals surface area contributed by atoms with E-state index in [0.717, 1.165) is 6.07 Å². The lowest BCUT2D eigenvalue weighted by Gasteiger charge is -2.09. The molecule has 0 saturated carbocycles. The first-order chi connectivity index (χ1) is 9.54. The first-order valence-electron chi connectivity index (χ1n) is 5.58. The second kappa shape index (κ2) is 5.72. The molecule has 0 aliphatic rings. The van der Waals surface area contributed by atoms with Crippen LogP contribution in [0.4, 0.5) is 15.8 Å². The minimum Gasteiger partial charge on any atom is -0.398 e. The summed E-state index contributed by atoms with van der Waals surface area (Å²) in [7, 11) is 0. The van der Waals surface area contributed by atoms with Crippen LogP contribution in [0.1, 0.15) is 15.9 Å². The summed E-state index contributed by atoms with van der Waals surface area (Å²) < 4.78 is 13.9. The topological polar surface area (TPSA) is 78.9 Å². The second-order valence-electron chi connectivity index (χ2n) is 3.94. The molecule has 0 radical (unpaired) electrons. The summed E-state index contributed by atoms with van der Waals surface area (Å²) in [6, 6.07) is 10.6. The standard InChI is InChI=1S/C14H9BrFN3O/c15-13-8(3-1-5-11(13)18)14(20)19-12-6-2-4-10(16)9(12)7-17/h1-6H,18H2,(H,19,20). The number of amides is 1. The van der Waals surface area contributed by atoms with Crippen molar-refractivity contribution < 1.29 is 9.18 Å². The normalized spacial score (nSPS) is 9.85. The van der Waals surface area contributed by atoms with Crippen LogP contribution >= 0.6 is 15.9 Å². The van der Waals surface area contributed by atoms with E-state index in [1.165, 1.54) is 12.1 Å². The van der Waals surface area contributed by atoms with Gasteiger partial charge in [0.05, 0.1) is 15.7 Å². The van der Waals surface area contributed by atoms with Gasteiger partial charge in [-0.05, 0) is 40.2 Å². The Labute approximate surface area is 123 Å². The number of carbonyl (C=O) groups is 1. The smallest absolute Gasteiger partial charge is 0.256 e. The maximum atomic E-state index is 13.4. The van der Waals surface area contributed by atoms with Crippen molar-refractivity contribution in [1.82, 2.24) is 0 Å². The third-order valence-corrected chi connectivity index (χ3v) is 3.53. The minimum atomic E-state index is -0.683. The fraction of sp³-hybridized carbons (Fsp3) is 0. The molecule has 0 heterocycles. The maximum absolute atomic E-state index is 13.4. The lowest BCUT2D eigenvalue weighted by atomic mass is 10.1. The van der Waals surface area contributed by atoms with Crippen molar-refractivity contribution in [3.63, 3.8) is 0 Å². The molecule has 0 atom stereocenters. The highest BCUT2D eigenvalue weighted by Gasteiger charge is 2.15. The van der Waals surface area contributed by atoms with Gasteiger partial charge in [0.15, 0.2) is 0 Å². The molecule has 2 rings (SSSR count). The Kier molecular flexibility index (Phi) is 4.01. The molecule has 0 spiro atoms. The fourth-order valence-electron chi connectivity index (χ4n) is 1.66. The molecule has 0 aliphatic carbocycles. The summed E-state index contributed by atoms with van der Waals surface area (Å²) in [5.41, 5.74) is 6.32. The zero-order valence-electron chi connectivity index (χ0n) is 10.2. The molecule has 0 bridgehead atoms. The molecule has 6 heteroatoms. The Morgan fingerprint density at radius 1 is 1.30 bits per heavy atom. The number of nitrogens with zero attached hydrogens (tertiary/aromatic N) is 1. The lowest BCUT2D eigenvalue weighted by Crippen LogP contribution is -2.14. The third-order valence-electron chi connectivity index (χ3n) is 2.65. The molecular formula is C14H9BrFN3O. The number of anilines is 2. The molecule has 2 aromatic carbocycles. The first-order valence-corrected chi connectivity index (χ1v) is 6.38. The number of rotatable bonds is 2. The molecular weight excluding hydrogens is 325 g/mol. The van der Waals surface area contributed by atoms with Gasteiger partial charge in [-0.3, -0.25) is 4.79 Å². The maximum Gasteiger partial charge on any atom is 0.256 e. The second-order valence-corrected chi connectivity index (χ2v) is 4.73. The summed E-state index contributed by atoms with van der Waals surface area (Å²) in [6.07, 6.45) is 0. The molecule has 0 fully saturated rings. The predicted octanol–water partition coefficient (Wildman–Crippen LogP) is 3.29. The van der Waals surface area contributed by atoms with Crippen LogP contribution in [-0.4, -0.2) is 5.91 Å². The summed E-state index contributed by atoms with van der Waals surface area (Å²) in [6.45, 7) is 0.